The third-order valence-corrected chi connectivity index (χ3v) is 2.94. The van der Waals surface area contributed by atoms with Crippen molar-refractivity contribution in [2.45, 2.75) is 39.7 Å². The quantitative estimate of drug-likeness (QED) is 0.607. The fourth-order valence-electron chi connectivity index (χ4n) is 1.99. The Morgan fingerprint density at radius 3 is 2.05 bits per heavy atom. The van der Waals surface area contributed by atoms with Crippen molar-refractivity contribution < 1.29 is 18.7 Å². The Kier molecular flexibility index (Phi) is 5.21. The van der Waals surface area contributed by atoms with E-state index in [9.17, 15) is 14.0 Å². The van der Waals surface area contributed by atoms with Gasteiger partial charge in [0.2, 0.25) is 0 Å². The molecule has 0 aromatic heterocycles. The molecule has 0 saturated carbocycles. The van der Waals surface area contributed by atoms with Crippen LogP contribution in [0.25, 0.3) is 0 Å². The Morgan fingerprint density at radius 2 is 1.63 bits per heavy atom. The van der Waals surface area contributed by atoms with Crippen LogP contribution >= 0.6 is 0 Å². The molecule has 2 atom stereocenters. The molecule has 0 saturated heterocycles. The number of halogens is 1. The lowest BCUT2D eigenvalue weighted by molar-refractivity contribution is -0.155. The number of rotatable bonds is 5. The SMILES string of the molecule is CC(=O)C(C(=O)OC(C)C)C(C)c1ccc(F)cc1. The van der Waals surface area contributed by atoms with E-state index in [4.69, 9.17) is 4.74 Å². The molecule has 0 N–H and O–H groups in total. The molecule has 0 amide bonds. The first kappa shape index (κ1) is 15.3. The number of esters is 1. The number of ketones is 1. The van der Waals surface area contributed by atoms with Gasteiger partial charge in [-0.2, -0.15) is 0 Å². The molecule has 4 heteroatoms. The van der Waals surface area contributed by atoms with Crippen LogP contribution in [0.5, 0.6) is 0 Å². The molecular formula is C15H19FO3. The summed E-state index contributed by atoms with van der Waals surface area (Å²) in [5.41, 5.74) is 0.738. The van der Waals surface area contributed by atoms with Gasteiger partial charge >= 0.3 is 5.97 Å². The molecule has 0 fully saturated rings. The first-order chi connectivity index (χ1) is 8.82. The molecule has 104 valence electrons. The second kappa shape index (κ2) is 6.45. The number of carbonyl (C=O) groups excluding carboxylic acids is 2. The fraction of sp³-hybridized carbons (Fsp3) is 0.467. The highest BCUT2D eigenvalue weighted by atomic mass is 19.1. The first-order valence-corrected chi connectivity index (χ1v) is 6.29. The zero-order valence-electron chi connectivity index (χ0n) is 11.6. The van der Waals surface area contributed by atoms with Gasteiger partial charge < -0.3 is 4.74 Å². The van der Waals surface area contributed by atoms with Crippen LogP contribution < -0.4 is 0 Å². The molecule has 0 aliphatic carbocycles. The molecule has 0 aliphatic rings. The van der Waals surface area contributed by atoms with Crippen LogP contribution in [0, 0.1) is 11.7 Å². The van der Waals surface area contributed by atoms with Gasteiger partial charge in [0.15, 0.2) is 0 Å². The van der Waals surface area contributed by atoms with Crippen molar-refractivity contribution >= 4 is 11.8 Å². The minimum absolute atomic E-state index is 0.248. The number of carbonyl (C=O) groups is 2. The molecular weight excluding hydrogens is 247 g/mol. The highest BCUT2D eigenvalue weighted by molar-refractivity contribution is 5.98. The highest BCUT2D eigenvalue weighted by Crippen LogP contribution is 2.26. The molecule has 1 aromatic rings. The Labute approximate surface area is 112 Å². The zero-order chi connectivity index (χ0) is 14.6. The van der Waals surface area contributed by atoms with Gasteiger partial charge in [-0.25, -0.2) is 4.39 Å². The summed E-state index contributed by atoms with van der Waals surface area (Å²) in [6, 6.07) is 5.80. The van der Waals surface area contributed by atoms with E-state index in [0.717, 1.165) is 5.56 Å². The standard InChI is InChI=1S/C15H19FO3/c1-9(2)19-15(18)14(11(4)17)10(3)12-5-7-13(16)8-6-12/h5-10,14H,1-4H3. The van der Waals surface area contributed by atoms with Crippen LogP contribution in [-0.4, -0.2) is 17.9 Å². The number of Topliss-reactive ketones (excluding diaryl/α,β-unsaturated/α-hetero) is 1. The Hall–Kier alpha value is -1.71. The van der Waals surface area contributed by atoms with Crippen LogP contribution in [0.1, 0.15) is 39.2 Å². The number of ether oxygens (including phenoxy) is 1. The molecule has 0 spiro atoms. The van der Waals surface area contributed by atoms with Gasteiger partial charge in [-0.15, -0.1) is 0 Å². The second-order valence-corrected chi connectivity index (χ2v) is 4.91. The predicted octanol–water partition coefficient (Wildman–Crippen LogP) is 3.09. The summed E-state index contributed by atoms with van der Waals surface area (Å²) in [4.78, 5) is 23.6. The van der Waals surface area contributed by atoms with Crippen LogP contribution in [0.2, 0.25) is 0 Å². The minimum Gasteiger partial charge on any atom is -0.462 e. The van der Waals surface area contributed by atoms with Crippen LogP contribution in [-0.2, 0) is 14.3 Å². The molecule has 19 heavy (non-hydrogen) atoms. The summed E-state index contributed by atoms with van der Waals surface area (Å²) in [5.74, 6) is -2.32. The van der Waals surface area contributed by atoms with Gasteiger partial charge in [0, 0.05) is 5.92 Å². The lowest BCUT2D eigenvalue weighted by Crippen LogP contribution is -2.30. The molecule has 2 unspecified atom stereocenters. The monoisotopic (exact) mass is 266 g/mol. The van der Waals surface area contributed by atoms with Crippen molar-refractivity contribution in [2.75, 3.05) is 0 Å². The predicted molar refractivity (Wildman–Crippen MR) is 70.2 cm³/mol. The summed E-state index contributed by atoms with van der Waals surface area (Å²) in [5, 5.41) is 0. The van der Waals surface area contributed by atoms with E-state index in [1.165, 1.54) is 19.1 Å². The Balaban J connectivity index is 2.96. The summed E-state index contributed by atoms with van der Waals surface area (Å²) in [7, 11) is 0. The smallest absolute Gasteiger partial charge is 0.317 e. The number of hydrogen-bond donors (Lipinski definition) is 0. The maximum atomic E-state index is 12.9. The van der Waals surface area contributed by atoms with Gasteiger partial charge in [-0.05, 0) is 38.5 Å². The van der Waals surface area contributed by atoms with Crippen molar-refractivity contribution in [1.29, 1.82) is 0 Å². The molecule has 1 rings (SSSR count). The first-order valence-electron chi connectivity index (χ1n) is 6.29. The van der Waals surface area contributed by atoms with Crippen molar-refractivity contribution in [3.8, 4) is 0 Å². The average molecular weight is 266 g/mol. The van der Waals surface area contributed by atoms with Crippen molar-refractivity contribution in [3.05, 3.63) is 35.6 Å². The van der Waals surface area contributed by atoms with Crippen molar-refractivity contribution in [3.63, 3.8) is 0 Å². The Morgan fingerprint density at radius 1 is 1.11 bits per heavy atom. The van der Waals surface area contributed by atoms with Crippen LogP contribution in [0.3, 0.4) is 0 Å². The third-order valence-electron chi connectivity index (χ3n) is 2.94. The average Bonchev–Trinajstić information content (AvgIpc) is 2.28. The van der Waals surface area contributed by atoms with E-state index in [0.29, 0.717) is 0 Å². The molecule has 3 nitrogen and oxygen atoms in total. The maximum absolute atomic E-state index is 12.9. The fourth-order valence-corrected chi connectivity index (χ4v) is 1.99. The van der Waals surface area contributed by atoms with E-state index in [-0.39, 0.29) is 23.6 Å². The van der Waals surface area contributed by atoms with Crippen LogP contribution in [0.4, 0.5) is 4.39 Å². The van der Waals surface area contributed by atoms with E-state index >= 15 is 0 Å². The van der Waals surface area contributed by atoms with Gasteiger partial charge in [0.05, 0.1) is 6.10 Å². The molecule has 0 bridgehead atoms. The zero-order valence-corrected chi connectivity index (χ0v) is 11.6. The molecule has 0 radical (unpaired) electrons. The largest absolute Gasteiger partial charge is 0.462 e. The number of hydrogen-bond acceptors (Lipinski definition) is 3. The molecule has 0 heterocycles. The van der Waals surface area contributed by atoms with Gasteiger partial charge in [0.25, 0.3) is 0 Å². The topological polar surface area (TPSA) is 43.4 Å². The third kappa shape index (κ3) is 4.16. The van der Waals surface area contributed by atoms with E-state index < -0.39 is 11.9 Å². The van der Waals surface area contributed by atoms with Gasteiger partial charge in [-0.1, -0.05) is 19.1 Å². The second-order valence-electron chi connectivity index (χ2n) is 4.91. The van der Waals surface area contributed by atoms with E-state index in [2.05, 4.69) is 0 Å². The van der Waals surface area contributed by atoms with Crippen molar-refractivity contribution in [1.82, 2.24) is 0 Å². The normalized spacial score (nSPS) is 14.0. The number of benzene rings is 1. The molecule has 1 aromatic carbocycles. The summed E-state index contributed by atoms with van der Waals surface area (Å²) < 4.78 is 18.0. The molecule has 0 aliphatic heterocycles. The highest BCUT2D eigenvalue weighted by Gasteiger charge is 2.32. The summed E-state index contributed by atoms with van der Waals surface area (Å²) in [6.45, 7) is 6.60. The van der Waals surface area contributed by atoms with E-state index in [1.54, 1.807) is 32.9 Å². The van der Waals surface area contributed by atoms with E-state index in [1.807, 2.05) is 0 Å². The van der Waals surface area contributed by atoms with Gasteiger partial charge in [-0.3, -0.25) is 9.59 Å². The summed E-state index contributed by atoms with van der Waals surface area (Å²) in [6.07, 6.45) is -0.269. The lowest BCUT2D eigenvalue weighted by Gasteiger charge is -2.21. The lowest BCUT2D eigenvalue weighted by atomic mass is 9.85. The summed E-state index contributed by atoms with van der Waals surface area (Å²) >= 11 is 0. The van der Waals surface area contributed by atoms with Crippen LogP contribution in [0.15, 0.2) is 24.3 Å². The van der Waals surface area contributed by atoms with Gasteiger partial charge in [0.1, 0.15) is 17.5 Å². The van der Waals surface area contributed by atoms with Crippen molar-refractivity contribution in [2.24, 2.45) is 5.92 Å². The maximum Gasteiger partial charge on any atom is 0.317 e. The minimum atomic E-state index is -0.854. The Bertz CT molecular complexity index is 451.